The Labute approximate surface area is 169 Å². The van der Waals surface area contributed by atoms with E-state index in [2.05, 4.69) is 20.3 Å². The van der Waals surface area contributed by atoms with Crippen LogP contribution in [0, 0.1) is 0 Å². The summed E-state index contributed by atoms with van der Waals surface area (Å²) in [5.41, 5.74) is 8.45. The molecular formula is C20H27N7O2. The summed E-state index contributed by atoms with van der Waals surface area (Å²) in [5.74, 6) is 0.558. The van der Waals surface area contributed by atoms with Crippen LogP contribution < -0.4 is 16.0 Å². The molecule has 0 aliphatic rings. The van der Waals surface area contributed by atoms with Crippen LogP contribution in [0.5, 0.6) is 0 Å². The normalized spacial score (nSPS) is 13.2. The van der Waals surface area contributed by atoms with E-state index in [1.54, 1.807) is 6.33 Å². The second-order valence-corrected chi connectivity index (χ2v) is 7.13. The Balaban J connectivity index is 1.49. The molecule has 29 heavy (non-hydrogen) atoms. The number of nitrogens with zero attached hydrogens (tertiary/aromatic N) is 5. The Morgan fingerprint density at radius 3 is 2.72 bits per heavy atom. The van der Waals surface area contributed by atoms with Crippen LogP contribution in [0.3, 0.4) is 0 Å². The number of anilines is 1. The fraction of sp³-hybridized carbons (Fsp3) is 0.400. The van der Waals surface area contributed by atoms with Gasteiger partial charge < -0.3 is 20.7 Å². The largest absolute Gasteiger partial charge is 0.361 e. The highest BCUT2D eigenvalue weighted by atomic mass is 16.5. The van der Waals surface area contributed by atoms with E-state index in [1.165, 1.54) is 6.33 Å². The highest BCUT2D eigenvalue weighted by molar-refractivity contribution is 5.83. The molecule has 1 amide bonds. The molecule has 0 bridgehead atoms. The monoisotopic (exact) mass is 397 g/mol. The average molecular weight is 397 g/mol. The van der Waals surface area contributed by atoms with Crippen molar-refractivity contribution in [3.05, 3.63) is 48.5 Å². The molecule has 0 spiro atoms. The number of ether oxygens (including phenoxy) is 1. The number of fused-ring (bicyclic) bond motifs is 1. The van der Waals surface area contributed by atoms with Crippen molar-refractivity contribution >= 4 is 22.9 Å². The van der Waals surface area contributed by atoms with E-state index in [0.29, 0.717) is 24.1 Å². The lowest BCUT2D eigenvalue weighted by Gasteiger charge is -2.17. The topological polar surface area (TPSA) is 111 Å². The van der Waals surface area contributed by atoms with Gasteiger partial charge in [-0.15, -0.1) is 0 Å². The number of carbonyl (C=O) groups excluding carboxylic acids is 1. The zero-order chi connectivity index (χ0) is 20.8. The summed E-state index contributed by atoms with van der Waals surface area (Å²) in [6.07, 6.45) is 3.48. The summed E-state index contributed by atoms with van der Waals surface area (Å²) in [6.45, 7) is 2.53. The van der Waals surface area contributed by atoms with Gasteiger partial charge in [0.05, 0.1) is 18.5 Å². The number of rotatable bonds is 9. The molecule has 0 fully saturated rings. The number of nitrogens with two attached hydrogens (primary N) is 1. The predicted octanol–water partition coefficient (Wildman–Crippen LogP) is 0.941. The summed E-state index contributed by atoms with van der Waals surface area (Å²) in [6, 6.07) is 9.12. The first-order chi connectivity index (χ1) is 14.0. The quantitative estimate of drug-likeness (QED) is 0.553. The van der Waals surface area contributed by atoms with Crippen molar-refractivity contribution in [2.75, 3.05) is 25.5 Å². The molecule has 0 saturated carbocycles. The lowest BCUT2D eigenvalue weighted by molar-refractivity contribution is -0.123. The van der Waals surface area contributed by atoms with Crippen molar-refractivity contribution in [2.24, 2.45) is 5.73 Å². The van der Waals surface area contributed by atoms with Gasteiger partial charge in [-0.3, -0.25) is 9.36 Å². The van der Waals surface area contributed by atoms with E-state index in [9.17, 15) is 4.79 Å². The Morgan fingerprint density at radius 2 is 2.00 bits per heavy atom. The van der Waals surface area contributed by atoms with Crippen LogP contribution in [-0.2, 0) is 22.7 Å². The van der Waals surface area contributed by atoms with Crippen molar-refractivity contribution in [3.8, 4) is 0 Å². The molecule has 3 rings (SSSR count). The van der Waals surface area contributed by atoms with E-state index in [1.807, 2.05) is 60.8 Å². The first-order valence-corrected chi connectivity index (χ1v) is 9.47. The summed E-state index contributed by atoms with van der Waals surface area (Å²) < 4.78 is 7.65. The second kappa shape index (κ2) is 9.44. The number of imidazole rings is 1. The standard InChI is InChI=1S/C20H27N7O2/c1-14(10-22-20(28)16(21)9-15-7-5-4-6-8-15)29-13-27-12-25-17-18(26(2)3)23-11-24-19(17)27/h4-8,11-12,14,16H,9-10,13,21H2,1-3H3,(H,22,28)/t14?,16-/m0/s1. The van der Waals surface area contributed by atoms with Crippen molar-refractivity contribution in [3.63, 3.8) is 0 Å². The highest BCUT2D eigenvalue weighted by Crippen LogP contribution is 2.19. The van der Waals surface area contributed by atoms with Gasteiger partial charge in [0.15, 0.2) is 17.0 Å². The van der Waals surface area contributed by atoms with Crippen LogP contribution in [0.25, 0.3) is 11.2 Å². The number of nitrogens with one attached hydrogen (secondary N) is 1. The molecule has 154 valence electrons. The Bertz CT molecular complexity index is 942. The number of carbonyl (C=O) groups is 1. The van der Waals surface area contributed by atoms with Gasteiger partial charge in [-0.1, -0.05) is 30.3 Å². The average Bonchev–Trinajstić information content (AvgIpc) is 3.14. The molecule has 0 radical (unpaired) electrons. The molecule has 1 aromatic carbocycles. The van der Waals surface area contributed by atoms with Crippen LogP contribution in [0.4, 0.5) is 5.82 Å². The van der Waals surface area contributed by atoms with Gasteiger partial charge in [0.25, 0.3) is 0 Å². The third-order valence-corrected chi connectivity index (χ3v) is 4.50. The fourth-order valence-electron chi connectivity index (χ4n) is 2.89. The Morgan fingerprint density at radius 1 is 1.24 bits per heavy atom. The van der Waals surface area contributed by atoms with Gasteiger partial charge >= 0.3 is 0 Å². The van der Waals surface area contributed by atoms with Gasteiger partial charge in [-0.25, -0.2) is 15.0 Å². The molecule has 9 nitrogen and oxygen atoms in total. The minimum Gasteiger partial charge on any atom is -0.361 e. The highest BCUT2D eigenvalue weighted by Gasteiger charge is 2.16. The van der Waals surface area contributed by atoms with E-state index in [0.717, 1.165) is 11.4 Å². The molecule has 2 heterocycles. The minimum absolute atomic E-state index is 0.194. The van der Waals surface area contributed by atoms with Crippen molar-refractivity contribution in [1.29, 1.82) is 0 Å². The summed E-state index contributed by atoms with van der Waals surface area (Å²) in [4.78, 5) is 27.1. The second-order valence-electron chi connectivity index (χ2n) is 7.13. The summed E-state index contributed by atoms with van der Waals surface area (Å²) in [5, 5.41) is 2.85. The zero-order valence-corrected chi connectivity index (χ0v) is 16.9. The van der Waals surface area contributed by atoms with E-state index >= 15 is 0 Å². The first kappa shape index (κ1) is 20.7. The third-order valence-electron chi connectivity index (χ3n) is 4.50. The maximum atomic E-state index is 12.2. The Hall–Kier alpha value is -3.04. The minimum atomic E-state index is -0.594. The molecule has 2 atom stereocenters. The first-order valence-electron chi connectivity index (χ1n) is 9.47. The number of aromatic nitrogens is 4. The summed E-state index contributed by atoms with van der Waals surface area (Å²) >= 11 is 0. The smallest absolute Gasteiger partial charge is 0.237 e. The SMILES string of the molecule is CC(CNC(=O)[C@@H](N)Cc1ccccc1)OCn1cnc2c(N(C)C)ncnc21. The van der Waals surface area contributed by atoms with Crippen LogP contribution in [0.1, 0.15) is 12.5 Å². The number of hydrogen-bond acceptors (Lipinski definition) is 7. The fourth-order valence-corrected chi connectivity index (χ4v) is 2.89. The molecular weight excluding hydrogens is 370 g/mol. The van der Waals surface area contributed by atoms with Crippen LogP contribution >= 0.6 is 0 Å². The zero-order valence-electron chi connectivity index (χ0n) is 16.9. The van der Waals surface area contributed by atoms with Crippen LogP contribution in [0.2, 0.25) is 0 Å². The van der Waals surface area contributed by atoms with Gasteiger partial charge in [0.2, 0.25) is 5.91 Å². The molecule has 2 aromatic heterocycles. The molecule has 0 aliphatic heterocycles. The van der Waals surface area contributed by atoms with Gasteiger partial charge in [-0.05, 0) is 18.9 Å². The van der Waals surface area contributed by atoms with Gasteiger partial charge in [0.1, 0.15) is 13.1 Å². The van der Waals surface area contributed by atoms with Gasteiger partial charge in [-0.2, -0.15) is 0 Å². The van der Waals surface area contributed by atoms with Crippen LogP contribution in [0.15, 0.2) is 43.0 Å². The van der Waals surface area contributed by atoms with Crippen molar-refractivity contribution in [1.82, 2.24) is 24.8 Å². The van der Waals surface area contributed by atoms with E-state index in [4.69, 9.17) is 10.5 Å². The molecule has 0 saturated heterocycles. The lowest BCUT2D eigenvalue weighted by Crippen LogP contribution is -2.44. The molecule has 3 aromatic rings. The third kappa shape index (κ3) is 5.27. The molecule has 1 unspecified atom stereocenters. The number of amides is 1. The number of hydrogen-bond donors (Lipinski definition) is 2. The summed E-state index contributed by atoms with van der Waals surface area (Å²) in [7, 11) is 3.81. The Kier molecular flexibility index (Phi) is 6.73. The predicted molar refractivity (Wildman–Crippen MR) is 111 cm³/mol. The maximum absolute atomic E-state index is 12.2. The van der Waals surface area contributed by atoms with E-state index in [-0.39, 0.29) is 18.7 Å². The van der Waals surface area contributed by atoms with Crippen molar-refractivity contribution in [2.45, 2.75) is 32.2 Å². The van der Waals surface area contributed by atoms with Gasteiger partial charge in [0, 0.05) is 20.6 Å². The molecule has 3 N–H and O–H groups in total. The maximum Gasteiger partial charge on any atom is 0.237 e. The lowest BCUT2D eigenvalue weighted by atomic mass is 10.1. The van der Waals surface area contributed by atoms with E-state index < -0.39 is 6.04 Å². The van der Waals surface area contributed by atoms with Crippen molar-refractivity contribution < 1.29 is 9.53 Å². The number of benzene rings is 1. The van der Waals surface area contributed by atoms with Crippen LogP contribution in [-0.4, -0.2) is 58.2 Å². The molecule has 9 heteroatoms. The molecule has 0 aliphatic carbocycles.